The number of fused-ring (bicyclic) bond motifs is 5. The molecular formula is C20H16FN7O3. The third-order valence-electron chi connectivity index (χ3n) is 4.96. The lowest BCUT2D eigenvalue weighted by molar-refractivity contribution is 0.0649. The molecule has 3 heterocycles. The van der Waals surface area contributed by atoms with Gasteiger partial charge in [0, 0.05) is 25.2 Å². The first-order chi connectivity index (χ1) is 14.7. The number of aromatic nitrogens is 4. The van der Waals surface area contributed by atoms with Crippen LogP contribution >= 0.6 is 0 Å². The van der Waals surface area contributed by atoms with E-state index in [0.29, 0.717) is 0 Å². The first kappa shape index (κ1) is 20.0. The molecule has 11 heteroatoms. The van der Waals surface area contributed by atoms with E-state index in [1.54, 1.807) is 6.92 Å². The van der Waals surface area contributed by atoms with E-state index < -0.39 is 23.7 Å². The van der Waals surface area contributed by atoms with Crippen molar-refractivity contribution in [2.75, 3.05) is 12.8 Å². The Kier molecular flexibility index (Phi) is 4.62. The number of nitrogens with two attached hydrogens (primary N) is 1. The van der Waals surface area contributed by atoms with Crippen LogP contribution in [-0.2, 0) is 7.05 Å². The number of aryl methyl sites for hydroxylation is 1. The minimum absolute atomic E-state index is 0.0433. The van der Waals surface area contributed by atoms with Crippen molar-refractivity contribution in [3.63, 3.8) is 0 Å². The number of hydrogen-bond acceptors (Lipinski definition) is 8. The molecule has 2 bridgehead atoms. The van der Waals surface area contributed by atoms with Crippen molar-refractivity contribution in [3.8, 4) is 23.2 Å². The summed E-state index contributed by atoms with van der Waals surface area (Å²) in [7, 11) is 2.76. The molecule has 2 aromatic heterocycles. The summed E-state index contributed by atoms with van der Waals surface area (Å²) in [6.45, 7) is 1.59. The zero-order chi connectivity index (χ0) is 22.4. The fourth-order valence-corrected chi connectivity index (χ4v) is 3.36. The number of ether oxygens (including phenoxy) is 1. The van der Waals surface area contributed by atoms with Gasteiger partial charge in [-0.25, -0.2) is 14.4 Å². The van der Waals surface area contributed by atoms with Gasteiger partial charge in [0.1, 0.15) is 23.7 Å². The topological polar surface area (TPSA) is 140 Å². The van der Waals surface area contributed by atoms with Gasteiger partial charge in [0.25, 0.3) is 17.7 Å². The highest BCUT2D eigenvalue weighted by molar-refractivity contribution is 6.12. The minimum Gasteiger partial charge on any atom is -0.467 e. The number of halogens is 1. The second-order valence-electron chi connectivity index (χ2n) is 6.91. The van der Waals surface area contributed by atoms with Crippen molar-refractivity contribution in [1.29, 1.82) is 5.26 Å². The Balaban J connectivity index is 2.04. The van der Waals surface area contributed by atoms with E-state index in [-0.39, 0.29) is 45.5 Å². The van der Waals surface area contributed by atoms with E-state index in [4.69, 9.17) is 10.5 Å². The summed E-state index contributed by atoms with van der Waals surface area (Å²) in [6.07, 6.45) is 0.427. The fourth-order valence-electron chi connectivity index (χ4n) is 3.36. The van der Waals surface area contributed by atoms with Crippen LogP contribution in [0.1, 0.15) is 45.1 Å². The predicted molar refractivity (Wildman–Crippen MR) is 105 cm³/mol. The second kappa shape index (κ2) is 7.17. The van der Waals surface area contributed by atoms with Gasteiger partial charge >= 0.3 is 0 Å². The average Bonchev–Trinajstić information content (AvgIpc) is 3.09. The molecule has 0 radical (unpaired) electrons. The predicted octanol–water partition coefficient (Wildman–Crippen LogP) is 1.84. The Bertz CT molecular complexity index is 1290. The molecule has 0 aliphatic carbocycles. The van der Waals surface area contributed by atoms with Crippen LogP contribution in [0.4, 0.5) is 10.2 Å². The Hall–Kier alpha value is -4.33. The number of nitrogen functional groups attached to an aromatic ring is 1. The van der Waals surface area contributed by atoms with E-state index >= 15 is 0 Å². The van der Waals surface area contributed by atoms with Gasteiger partial charge in [-0.2, -0.15) is 10.4 Å². The summed E-state index contributed by atoms with van der Waals surface area (Å²) in [6, 6.07) is 5.51. The number of carbonyl (C=O) groups is 2. The first-order valence-electron chi connectivity index (χ1n) is 9.11. The monoisotopic (exact) mass is 421 g/mol. The van der Waals surface area contributed by atoms with Crippen LogP contribution in [0.3, 0.4) is 0 Å². The normalized spacial score (nSPS) is 15.8. The van der Waals surface area contributed by atoms with Crippen molar-refractivity contribution >= 4 is 17.6 Å². The van der Waals surface area contributed by atoms with E-state index in [9.17, 15) is 19.2 Å². The Morgan fingerprint density at radius 1 is 1.26 bits per heavy atom. The number of carbonyl (C=O) groups excluding carboxylic acids is 2. The van der Waals surface area contributed by atoms with Gasteiger partial charge in [-0.05, 0) is 25.1 Å². The van der Waals surface area contributed by atoms with Gasteiger partial charge < -0.3 is 10.5 Å². The largest absolute Gasteiger partial charge is 0.467 e. The molecule has 4 rings (SSSR count). The van der Waals surface area contributed by atoms with E-state index in [2.05, 4.69) is 15.1 Å². The zero-order valence-corrected chi connectivity index (χ0v) is 16.8. The molecule has 10 nitrogen and oxygen atoms in total. The Morgan fingerprint density at radius 2 is 2.00 bits per heavy atom. The van der Waals surface area contributed by atoms with Crippen LogP contribution in [0, 0.1) is 17.1 Å². The smallest absolute Gasteiger partial charge is 0.281 e. The van der Waals surface area contributed by atoms with Crippen molar-refractivity contribution in [3.05, 3.63) is 52.7 Å². The molecule has 31 heavy (non-hydrogen) atoms. The minimum atomic E-state index is -0.853. The number of rotatable bonds is 0. The van der Waals surface area contributed by atoms with Crippen molar-refractivity contribution in [2.24, 2.45) is 7.05 Å². The highest BCUT2D eigenvalue weighted by atomic mass is 19.1. The third kappa shape index (κ3) is 3.14. The summed E-state index contributed by atoms with van der Waals surface area (Å²) in [4.78, 5) is 35.6. The van der Waals surface area contributed by atoms with Crippen molar-refractivity contribution < 1.29 is 18.7 Å². The molecule has 156 valence electrons. The lowest BCUT2D eigenvalue weighted by Crippen LogP contribution is -2.35. The maximum atomic E-state index is 14.0. The molecule has 0 spiro atoms. The maximum Gasteiger partial charge on any atom is 0.281 e. The van der Waals surface area contributed by atoms with Gasteiger partial charge in [0.15, 0.2) is 11.5 Å². The molecule has 3 aromatic rings. The number of imide groups is 1. The molecule has 2 amide bonds. The third-order valence-corrected chi connectivity index (χ3v) is 4.96. The van der Waals surface area contributed by atoms with Crippen LogP contribution in [0.25, 0.3) is 11.3 Å². The quantitative estimate of drug-likeness (QED) is 0.542. The molecule has 1 aromatic carbocycles. The number of hydrogen-bond donors (Lipinski definition) is 1. The summed E-state index contributed by atoms with van der Waals surface area (Å²) in [5, 5.41) is 13.7. The lowest BCUT2D eigenvalue weighted by Gasteiger charge is -2.22. The molecule has 1 atom stereocenters. The summed E-state index contributed by atoms with van der Waals surface area (Å²) >= 11 is 0. The number of anilines is 1. The van der Waals surface area contributed by atoms with Gasteiger partial charge in [0.2, 0.25) is 0 Å². The second-order valence-corrected chi connectivity index (χ2v) is 6.91. The standard InChI is InChI=1S/C20H16FN7O3/c1-9-12-6-10(21)4-5-11(12)19(29)27(2)20(30)16-15(14(7-22)28(3)26-16)13-8-24-17(23)18(25-13)31-9/h4-6,8-9H,1-3H3,(H2,23,24). The summed E-state index contributed by atoms with van der Waals surface area (Å²) in [5.41, 5.74) is 6.25. The molecule has 1 aliphatic rings. The molecule has 1 aliphatic heterocycles. The summed E-state index contributed by atoms with van der Waals surface area (Å²) in [5.74, 6) is -2.17. The van der Waals surface area contributed by atoms with Crippen LogP contribution in [0.2, 0.25) is 0 Å². The molecule has 0 saturated carbocycles. The van der Waals surface area contributed by atoms with Gasteiger partial charge in [0.05, 0.1) is 17.5 Å². The summed E-state index contributed by atoms with van der Waals surface area (Å²) < 4.78 is 21.0. The Morgan fingerprint density at radius 3 is 2.71 bits per heavy atom. The molecule has 0 saturated heterocycles. The van der Waals surface area contributed by atoms with Crippen LogP contribution in [0.15, 0.2) is 24.4 Å². The number of amides is 2. The lowest BCUT2D eigenvalue weighted by atomic mass is 10.0. The van der Waals surface area contributed by atoms with E-state index in [1.807, 2.05) is 6.07 Å². The van der Waals surface area contributed by atoms with Gasteiger partial charge in [-0.15, -0.1) is 0 Å². The number of nitrogens with zero attached hydrogens (tertiary/aromatic N) is 6. The highest BCUT2D eigenvalue weighted by Crippen LogP contribution is 2.33. The molecule has 0 fully saturated rings. The van der Waals surface area contributed by atoms with Crippen LogP contribution in [0.5, 0.6) is 5.88 Å². The highest BCUT2D eigenvalue weighted by Gasteiger charge is 2.32. The van der Waals surface area contributed by atoms with E-state index in [0.717, 1.165) is 17.0 Å². The van der Waals surface area contributed by atoms with Gasteiger partial charge in [-0.1, -0.05) is 0 Å². The SMILES string of the molecule is CC1Oc2nc(cnc2N)-c2c(nn(C)c2C#N)C(=O)N(C)C(=O)c2ccc(F)cc21. The molecular weight excluding hydrogens is 405 g/mol. The number of nitriles is 1. The van der Waals surface area contributed by atoms with Crippen molar-refractivity contribution in [1.82, 2.24) is 24.6 Å². The number of benzene rings is 1. The fraction of sp³-hybridized carbons (Fsp3) is 0.200. The zero-order valence-electron chi connectivity index (χ0n) is 16.8. The Labute approximate surface area is 175 Å². The van der Waals surface area contributed by atoms with Crippen LogP contribution < -0.4 is 10.5 Å². The van der Waals surface area contributed by atoms with E-state index in [1.165, 1.54) is 31.0 Å². The van der Waals surface area contributed by atoms with Gasteiger partial charge in [-0.3, -0.25) is 19.2 Å². The first-order valence-corrected chi connectivity index (χ1v) is 9.11. The average molecular weight is 421 g/mol. The van der Waals surface area contributed by atoms with Crippen molar-refractivity contribution in [2.45, 2.75) is 13.0 Å². The molecule has 2 N–H and O–H groups in total. The maximum absolute atomic E-state index is 14.0. The molecule has 1 unspecified atom stereocenters. The van der Waals surface area contributed by atoms with Crippen LogP contribution in [-0.4, -0.2) is 43.5 Å².